The van der Waals surface area contributed by atoms with Crippen LogP contribution in [0.1, 0.15) is 18.9 Å². The van der Waals surface area contributed by atoms with Crippen LogP contribution in [0, 0.1) is 5.82 Å². The lowest BCUT2D eigenvalue weighted by molar-refractivity contribution is -0.140. The number of carbonyl (C=O) groups excluding carboxylic acids is 2. The topological polar surface area (TPSA) is 86.8 Å². The quantitative estimate of drug-likeness (QED) is 0.558. The first-order valence-corrected chi connectivity index (χ1v) is 12.2. The lowest BCUT2D eigenvalue weighted by atomic mass is 10.1. The van der Waals surface area contributed by atoms with E-state index in [1.165, 1.54) is 36.2 Å². The molecule has 0 spiro atoms. The number of amides is 2. The molecular weight excluding hydrogens is 489 g/mol. The first-order chi connectivity index (χ1) is 14.6. The van der Waals surface area contributed by atoms with Crippen LogP contribution in [-0.2, 0) is 26.2 Å². The number of benzene rings is 2. The molecule has 168 valence electrons. The Labute approximate surface area is 190 Å². The number of nitrogens with one attached hydrogen (secondary N) is 1. The summed E-state index contributed by atoms with van der Waals surface area (Å²) in [4.78, 5) is 27.0. The van der Waals surface area contributed by atoms with Crippen LogP contribution in [0.5, 0.6) is 0 Å². The van der Waals surface area contributed by atoms with Crippen LogP contribution in [0.4, 0.5) is 10.1 Å². The third-order valence-electron chi connectivity index (χ3n) is 4.69. The molecule has 0 unspecified atom stereocenters. The Morgan fingerprint density at radius 1 is 1.10 bits per heavy atom. The monoisotopic (exact) mass is 513 g/mol. The molecule has 0 bridgehead atoms. The second-order valence-corrected chi connectivity index (χ2v) is 9.75. The Bertz CT molecular complexity index is 1010. The van der Waals surface area contributed by atoms with Gasteiger partial charge in [-0.05, 0) is 48.4 Å². The van der Waals surface area contributed by atoms with Crippen molar-refractivity contribution in [1.29, 1.82) is 0 Å². The van der Waals surface area contributed by atoms with Gasteiger partial charge < -0.3 is 10.2 Å². The number of nitrogens with zero attached hydrogens (tertiary/aromatic N) is 2. The molecule has 10 heteroatoms. The largest absolute Gasteiger partial charge is 0.357 e. The lowest BCUT2D eigenvalue weighted by Crippen LogP contribution is -2.51. The Hall–Kier alpha value is -2.46. The highest BCUT2D eigenvalue weighted by atomic mass is 79.9. The Morgan fingerprint density at radius 2 is 1.68 bits per heavy atom. The first kappa shape index (κ1) is 24.8. The van der Waals surface area contributed by atoms with Crippen molar-refractivity contribution in [3.05, 3.63) is 64.4 Å². The number of rotatable bonds is 9. The number of hydrogen-bond donors (Lipinski definition) is 1. The van der Waals surface area contributed by atoms with Crippen molar-refractivity contribution in [2.45, 2.75) is 25.9 Å². The maximum absolute atomic E-state index is 13.3. The van der Waals surface area contributed by atoms with Gasteiger partial charge in [-0.1, -0.05) is 35.0 Å². The van der Waals surface area contributed by atoms with Crippen LogP contribution >= 0.6 is 15.9 Å². The number of carbonyl (C=O) groups is 2. The maximum atomic E-state index is 13.3. The zero-order valence-corrected chi connectivity index (χ0v) is 19.9. The van der Waals surface area contributed by atoms with Gasteiger partial charge in [0.15, 0.2) is 0 Å². The van der Waals surface area contributed by atoms with Crippen LogP contribution < -0.4 is 9.62 Å². The van der Waals surface area contributed by atoms with Gasteiger partial charge in [0.05, 0.1) is 11.9 Å². The molecule has 0 heterocycles. The van der Waals surface area contributed by atoms with Crippen LogP contribution in [0.25, 0.3) is 0 Å². The number of sulfonamides is 1. The zero-order chi connectivity index (χ0) is 23.2. The Kier molecular flexibility index (Phi) is 8.58. The van der Waals surface area contributed by atoms with Crippen LogP contribution in [0.15, 0.2) is 53.0 Å². The minimum Gasteiger partial charge on any atom is -0.357 e. The molecule has 0 fully saturated rings. The number of likely N-dealkylation sites (N-methyl/N-ethyl adjacent to an activating group) is 1. The molecule has 0 aromatic heterocycles. The first-order valence-electron chi connectivity index (χ1n) is 9.55. The molecule has 31 heavy (non-hydrogen) atoms. The number of halogens is 2. The van der Waals surface area contributed by atoms with Gasteiger partial charge in [0.2, 0.25) is 21.8 Å². The Morgan fingerprint density at radius 3 is 2.16 bits per heavy atom. The van der Waals surface area contributed by atoms with Crippen molar-refractivity contribution in [2.24, 2.45) is 0 Å². The summed E-state index contributed by atoms with van der Waals surface area (Å²) in [6.07, 6.45) is 1.34. The molecule has 2 aromatic rings. The second kappa shape index (κ2) is 10.7. The van der Waals surface area contributed by atoms with E-state index < -0.39 is 34.3 Å². The van der Waals surface area contributed by atoms with E-state index >= 15 is 0 Å². The van der Waals surface area contributed by atoms with Gasteiger partial charge in [0.25, 0.3) is 0 Å². The molecule has 2 rings (SSSR count). The van der Waals surface area contributed by atoms with Gasteiger partial charge in [-0.2, -0.15) is 0 Å². The standard InChI is InChI=1S/C21H25BrFN3O4S/c1-4-19(21(28)24-2)25(13-15-5-9-17(23)10-6-15)20(27)14-26(31(3,29)30)18-11-7-16(22)8-12-18/h5-12,19H,4,13-14H2,1-3H3,(H,24,28)/t19-/m1/s1. The summed E-state index contributed by atoms with van der Waals surface area (Å²) in [7, 11) is -2.31. The molecular formula is C21H25BrFN3O4S. The van der Waals surface area contributed by atoms with E-state index in [-0.39, 0.29) is 12.5 Å². The SMILES string of the molecule is CC[C@H](C(=O)NC)N(Cc1ccc(F)cc1)C(=O)CN(c1ccc(Br)cc1)S(C)(=O)=O. The van der Waals surface area contributed by atoms with Crippen molar-refractivity contribution in [3.8, 4) is 0 Å². The molecule has 1 N–H and O–H groups in total. The summed E-state index contributed by atoms with van der Waals surface area (Å²) in [6, 6.07) is 11.3. The molecule has 2 aromatic carbocycles. The fraction of sp³-hybridized carbons (Fsp3) is 0.333. The van der Waals surface area contributed by atoms with Gasteiger partial charge in [-0.15, -0.1) is 0 Å². The van der Waals surface area contributed by atoms with Crippen LogP contribution in [0.2, 0.25) is 0 Å². The van der Waals surface area contributed by atoms with E-state index in [1.54, 1.807) is 31.2 Å². The predicted octanol–water partition coefficient (Wildman–Crippen LogP) is 2.91. The van der Waals surface area contributed by atoms with Gasteiger partial charge in [0, 0.05) is 18.1 Å². The van der Waals surface area contributed by atoms with E-state index in [2.05, 4.69) is 21.2 Å². The van der Waals surface area contributed by atoms with Crippen LogP contribution in [0.3, 0.4) is 0 Å². The highest BCUT2D eigenvalue weighted by Crippen LogP contribution is 2.22. The highest BCUT2D eigenvalue weighted by Gasteiger charge is 2.31. The Balaban J connectivity index is 2.40. The third kappa shape index (κ3) is 6.76. The van der Waals surface area contributed by atoms with Crippen molar-refractivity contribution in [1.82, 2.24) is 10.2 Å². The summed E-state index contributed by atoms with van der Waals surface area (Å²) in [6.45, 7) is 1.31. The summed E-state index contributed by atoms with van der Waals surface area (Å²) < 4.78 is 39.9. The highest BCUT2D eigenvalue weighted by molar-refractivity contribution is 9.10. The van der Waals surface area contributed by atoms with Gasteiger partial charge in [-0.3, -0.25) is 13.9 Å². The lowest BCUT2D eigenvalue weighted by Gasteiger charge is -2.32. The van der Waals surface area contributed by atoms with Crippen molar-refractivity contribution >= 4 is 43.5 Å². The molecule has 2 amide bonds. The summed E-state index contributed by atoms with van der Waals surface area (Å²) >= 11 is 3.30. The van der Waals surface area contributed by atoms with E-state index in [1.807, 2.05) is 0 Å². The molecule has 7 nitrogen and oxygen atoms in total. The van der Waals surface area contributed by atoms with Gasteiger partial charge >= 0.3 is 0 Å². The molecule has 0 saturated heterocycles. The number of anilines is 1. The summed E-state index contributed by atoms with van der Waals surface area (Å²) in [5.74, 6) is -1.33. The minimum atomic E-state index is -3.78. The third-order valence-corrected chi connectivity index (χ3v) is 6.36. The maximum Gasteiger partial charge on any atom is 0.244 e. The molecule has 0 saturated carbocycles. The molecule has 0 aliphatic rings. The fourth-order valence-electron chi connectivity index (χ4n) is 3.09. The van der Waals surface area contributed by atoms with Gasteiger partial charge in [-0.25, -0.2) is 12.8 Å². The van der Waals surface area contributed by atoms with E-state index in [4.69, 9.17) is 0 Å². The smallest absolute Gasteiger partial charge is 0.244 e. The fourth-order valence-corrected chi connectivity index (χ4v) is 4.21. The van der Waals surface area contributed by atoms with Crippen molar-refractivity contribution < 1.29 is 22.4 Å². The van der Waals surface area contributed by atoms with Crippen molar-refractivity contribution in [2.75, 3.05) is 24.2 Å². The molecule has 0 aliphatic heterocycles. The van der Waals surface area contributed by atoms with E-state index in [0.717, 1.165) is 15.0 Å². The van der Waals surface area contributed by atoms with E-state index in [9.17, 15) is 22.4 Å². The molecule has 1 atom stereocenters. The summed E-state index contributed by atoms with van der Waals surface area (Å²) in [5.41, 5.74) is 0.945. The van der Waals surface area contributed by atoms with E-state index in [0.29, 0.717) is 17.7 Å². The average Bonchev–Trinajstić information content (AvgIpc) is 2.72. The predicted molar refractivity (Wildman–Crippen MR) is 121 cm³/mol. The van der Waals surface area contributed by atoms with Crippen molar-refractivity contribution in [3.63, 3.8) is 0 Å². The zero-order valence-electron chi connectivity index (χ0n) is 17.5. The minimum absolute atomic E-state index is 0.0307. The van der Waals surface area contributed by atoms with Crippen LogP contribution in [-0.4, -0.2) is 51.0 Å². The molecule has 0 radical (unpaired) electrons. The van der Waals surface area contributed by atoms with Gasteiger partial charge in [0.1, 0.15) is 18.4 Å². The second-order valence-electron chi connectivity index (χ2n) is 6.93. The number of hydrogen-bond acceptors (Lipinski definition) is 4. The molecule has 0 aliphatic carbocycles. The normalized spacial score (nSPS) is 12.2. The summed E-state index contributed by atoms with van der Waals surface area (Å²) in [5, 5.41) is 2.54. The average molecular weight is 514 g/mol.